The Kier molecular flexibility index (Phi) is 5.04. The number of benzene rings is 1. The van der Waals surface area contributed by atoms with E-state index in [-0.39, 0.29) is 6.61 Å². The van der Waals surface area contributed by atoms with Gasteiger partial charge in [0.15, 0.2) is 0 Å². The van der Waals surface area contributed by atoms with E-state index in [1.165, 1.54) is 4.90 Å². The molecule has 4 heteroatoms. The van der Waals surface area contributed by atoms with Gasteiger partial charge in [-0.05, 0) is 35.9 Å². The van der Waals surface area contributed by atoms with Crippen LogP contribution in [0.3, 0.4) is 0 Å². The maximum atomic E-state index is 9.53. The average molecular weight is 289 g/mol. The summed E-state index contributed by atoms with van der Waals surface area (Å²) in [5, 5.41) is 10.1. The molecule has 106 valence electrons. The molecule has 0 radical (unpaired) electrons. The zero-order valence-electron chi connectivity index (χ0n) is 12.0. The molecule has 3 nitrogen and oxygen atoms in total. The van der Waals surface area contributed by atoms with Crippen LogP contribution in [0, 0.1) is 0 Å². The van der Waals surface area contributed by atoms with Crippen molar-refractivity contribution in [3.8, 4) is 17.0 Å². The van der Waals surface area contributed by atoms with Gasteiger partial charge in [-0.3, -0.25) is 4.98 Å². The van der Waals surface area contributed by atoms with Gasteiger partial charge in [0.1, 0.15) is 5.75 Å². The lowest BCUT2D eigenvalue weighted by atomic mass is 10.0. The van der Waals surface area contributed by atoms with E-state index in [1.807, 2.05) is 30.5 Å². The summed E-state index contributed by atoms with van der Waals surface area (Å²) in [6.45, 7) is 4.30. The van der Waals surface area contributed by atoms with Crippen molar-refractivity contribution >= 4 is 11.8 Å². The van der Waals surface area contributed by atoms with Crippen molar-refractivity contribution in [3.05, 3.63) is 42.1 Å². The molecule has 20 heavy (non-hydrogen) atoms. The van der Waals surface area contributed by atoms with Crippen molar-refractivity contribution in [3.63, 3.8) is 0 Å². The molecule has 0 aliphatic heterocycles. The van der Waals surface area contributed by atoms with Crippen LogP contribution in [0.1, 0.15) is 19.4 Å². The summed E-state index contributed by atoms with van der Waals surface area (Å²) in [6.07, 6.45) is 1.81. The predicted molar refractivity (Wildman–Crippen MR) is 83.1 cm³/mol. The second kappa shape index (κ2) is 6.77. The lowest BCUT2D eigenvalue weighted by molar-refractivity contribution is 0.281. The van der Waals surface area contributed by atoms with Crippen molar-refractivity contribution in [2.75, 3.05) is 7.11 Å². The molecule has 0 unspecified atom stereocenters. The molecule has 0 atom stereocenters. The Bertz CT molecular complexity index is 584. The molecular formula is C16H19NO2S. The van der Waals surface area contributed by atoms with Gasteiger partial charge < -0.3 is 9.84 Å². The smallest absolute Gasteiger partial charge is 0.119 e. The second-order valence-corrected chi connectivity index (χ2v) is 6.37. The second-order valence-electron chi connectivity index (χ2n) is 4.72. The van der Waals surface area contributed by atoms with Crippen molar-refractivity contribution in [2.24, 2.45) is 0 Å². The van der Waals surface area contributed by atoms with Crippen molar-refractivity contribution in [2.45, 2.75) is 30.6 Å². The number of ether oxygens (including phenoxy) is 1. The molecule has 0 aliphatic carbocycles. The molecular weight excluding hydrogens is 270 g/mol. The van der Waals surface area contributed by atoms with E-state index >= 15 is 0 Å². The highest BCUT2D eigenvalue weighted by Gasteiger charge is 2.09. The third-order valence-electron chi connectivity index (χ3n) is 2.86. The molecule has 2 aromatic rings. The minimum absolute atomic E-state index is 0.0320. The number of aliphatic hydroxyl groups is 1. The molecule has 1 heterocycles. The number of thioether (sulfide) groups is 1. The molecule has 1 aromatic heterocycles. The van der Waals surface area contributed by atoms with E-state index < -0.39 is 0 Å². The molecule has 0 aliphatic rings. The number of aromatic nitrogens is 1. The lowest BCUT2D eigenvalue weighted by Gasteiger charge is -2.11. The molecule has 1 N–H and O–H groups in total. The largest absolute Gasteiger partial charge is 0.497 e. The standard InChI is InChI=1S/C16H19NO2S/c1-11(2)20-14-6-7-17-16(9-14)15-5-4-13(19-3)8-12(15)10-18/h4-9,11,18H,10H2,1-3H3. The Balaban J connectivity index is 2.40. The van der Waals surface area contributed by atoms with E-state index in [2.05, 4.69) is 24.9 Å². The minimum Gasteiger partial charge on any atom is -0.497 e. The van der Waals surface area contributed by atoms with Gasteiger partial charge >= 0.3 is 0 Å². The first kappa shape index (κ1) is 14.9. The highest BCUT2D eigenvalue weighted by molar-refractivity contribution is 7.99. The molecule has 0 amide bonds. The van der Waals surface area contributed by atoms with Crippen LogP contribution in [0.25, 0.3) is 11.3 Å². The number of aliphatic hydroxyl groups excluding tert-OH is 1. The third kappa shape index (κ3) is 3.52. The summed E-state index contributed by atoms with van der Waals surface area (Å²) in [4.78, 5) is 5.60. The Morgan fingerprint density at radius 2 is 2.05 bits per heavy atom. The number of hydrogen-bond acceptors (Lipinski definition) is 4. The highest BCUT2D eigenvalue weighted by Crippen LogP contribution is 2.30. The summed E-state index contributed by atoms with van der Waals surface area (Å²) in [5.74, 6) is 0.741. The molecule has 0 saturated carbocycles. The van der Waals surface area contributed by atoms with Gasteiger partial charge in [0, 0.05) is 21.9 Å². The fourth-order valence-corrected chi connectivity index (χ4v) is 2.85. The van der Waals surface area contributed by atoms with Crippen LogP contribution in [0.4, 0.5) is 0 Å². The Morgan fingerprint density at radius 1 is 1.25 bits per heavy atom. The SMILES string of the molecule is COc1ccc(-c2cc(SC(C)C)ccn2)c(CO)c1. The summed E-state index contributed by atoms with van der Waals surface area (Å²) < 4.78 is 5.19. The van der Waals surface area contributed by atoms with Crippen LogP contribution < -0.4 is 4.74 Å². The topological polar surface area (TPSA) is 42.4 Å². The van der Waals surface area contributed by atoms with Gasteiger partial charge in [0.2, 0.25) is 0 Å². The van der Waals surface area contributed by atoms with Crippen LogP contribution in [0.5, 0.6) is 5.75 Å². The number of pyridine rings is 1. The van der Waals surface area contributed by atoms with Crippen molar-refractivity contribution in [1.82, 2.24) is 4.98 Å². The van der Waals surface area contributed by atoms with Gasteiger partial charge in [-0.25, -0.2) is 0 Å². The summed E-state index contributed by atoms with van der Waals surface area (Å²) in [5.41, 5.74) is 2.64. The lowest BCUT2D eigenvalue weighted by Crippen LogP contribution is -1.94. The molecule has 0 spiro atoms. The number of nitrogens with zero attached hydrogens (tertiary/aromatic N) is 1. The fraction of sp³-hybridized carbons (Fsp3) is 0.312. The van der Waals surface area contributed by atoms with E-state index in [1.54, 1.807) is 18.9 Å². The van der Waals surface area contributed by atoms with E-state index in [9.17, 15) is 5.11 Å². The molecule has 0 bridgehead atoms. The third-order valence-corrected chi connectivity index (χ3v) is 3.86. The maximum Gasteiger partial charge on any atom is 0.119 e. The summed E-state index contributed by atoms with van der Waals surface area (Å²) >= 11 is 1.80. The number of methoxy groups -OCH3 is 1. The first-order valence-corrected chi connectivity index (χ1v) is 7.43. The van der Waals surface area contributed by atoms with Gasteiger partial charge in [-0.2, -0.15) is 0 Å². The van der Waals surface area contributed by atoms with Crippen molar-refractivity contribution < 1.29 is 9.84 Å². The Morgan fingerprint density at radius 3 is 2.70 bits per heavy atom. The first-order valence-electron chi connectivity index (χ1n) is 6.55. The van der Waals surface area contributed by atoms with Crippen molar-refractivity contribution in [1.29, 1.82) is 0 Å². The van der Waals surface area contributed by atoms with Gasteiger partial charge in [-0.1, -0.05) is 13.8 Å². The zero-order valence-corrected chi connectivity index (χ0v) is 12.8. The summed E-state index contributed by atoms with van der Waals surface area (Å²) in [6, 6.07) is 9.75. The average Bonchev–Trinajstić information content (AvgIpc) is 2.46. The molecule has 2 rings (SSSR count). The quantitative estimate of drug-likeness (QED) is 0.851. The monoisotopic (exact) mass is 289 g/mol. The molecule has 1 aromatic carbocycles. The van der Waals surface area contributed by atoms with Gasteiger partial charge in [0.05, 0.1) is 19.4 Å². The predicted octanol–water partition coefficient (Wildman–Crippen LogP) is 3.75. The van der Waals surface area contributed by atoms with E-state index in [0.717, 1.165) is 22.6 Å². The summed E-state index contributed by atoms with van der Waals surface area (Å²) in [7, 11) is 1.62. The highest BCUT2D eigenvalue weighted by atomic mass is 32.2. The Hall–Kier alpha value is -1.52. The van der Waals surface area contributed by atoms with Crippen LogP contribution in [-0.4, -0.2) is 22.5 Å². The van der Waals surface area contributed by atoms with Gasteiger partial charge in [0.25, 0.3) is 0 Å². The van der Waals surface area contributed by atoms with Crippen LogP contribution in [-0.2, 0) is 6.61 Å². The number of rotatable bonds is 5. The van der Waals surface area contributed by atoms with Crippen LogP contribution in [0.2, 0.25) is 0 Å². The Labute approximate surface area is 124 Å². The molecule has 0 fully saturated rings. The number of hydrogen-bond donors (Lipinski definition) is 1. The minimum atomic E-state index is -0.0320. The van der Waals surface area contributed by atoms with Gasteiger partial charge in [-0.15, -0.1) is 11.8 Å². The maximum absolute atomic E-state index is 9.53. The van der Waals surface area contributed by atoms with E-state index in [4.69, 9.17) is 4.74 Å². The zero-order chi connectivity index (χ0) is 14.5. The first-order chi connectivity index (χ1) is 9.63. The molecule has 0 saturated heterocycles. The fourth-order valence-electron chi connectivity index (χ4n) is 1.98. The van der Waals surface area contributed by atoms with Crippen LogP contribution in [0.15, 0.2) is 41.4 Å². The normalized spacial score (nSPS) is 10.8. The van der Waals surface area contributed by atoms with E-state index in [0.29, 0.717) is 5.25 Å². The van der Waals surface area contributed by atoms with Crippen LogP contribution >= 0.6 is 11.8 Å².